The highest BCUT2D eigenvalue weighted by Crippen LogP contribution is 2.17. The lowest BCUT2D eigenvalue weighted by Gasteiger charge is -2.26. The summed E-state index contributed by atoms with van der Waals surface area (Å²) in [6.07, 6.45) is 6.99. The van der Waals surface area contributed by atoms with Crippen LogP contribution in [0.2, 0.25) is 0 Å². The van der Waals surface area contributed by atoms with E-state index < -0.39 is 0 Å². The van der Waals surface area contributed by atoms with Gasteiger partial charge in [-0.25, -0.2) is 0 Å². The van der Waals surface area contributed by atoms with Crippen LogP contribution in [0.4, 0.5) is 5.69 Å². The van der Waals surface area contributed by atoms with E-state index >= 15 is 0 Å². The first-order valence-electron chi connectivity index (χ1n) is 9.48. The number of carbonyl (C=O) groups is 1. The second-order valence-corrected chi connectivity index (χ2v) is 7.08. The molecule has 4 nitrogen and oxygen atoms in total. The highest BCUT2D eigenvalue weighted by atomic mass is 16.1. The van der Waals surface area contributed by atoms with Crippen molar-refractivity contribution < 1.29 is 4.79 Å². The van der Waals surface area contributed by atoms with Crippen molar-refractivity contribution in [2.24, 2.45) is 0 Å². The number of amides is 1. The molecule has 1 saturated heterocycles. The lowest BCUT2D eigenvalue weighted by Crippen LogP contribution is -2.31. The first-order chi connectivity index (χ1) is 12.8. The molecule has 0 bridgehead atoms. The summed E-state index contributed by atoms with van der Waals surface area (Å²) in [7, 11) is 0. The van der Waals surface area contributed by atoms with Gasteiger partial charge in [0, 0.05) is 29.5 Å². The van der Waals surface area contributed by atoms with Crippen molar-refractivity contribution in [3.8, 4) is 0 Å². The van der Waals surface area contributed by atoms with E-state index in [-0.39, 0.29) is 5.91 Å². The molecule has 0 radical (unpaired) electrons. The third-order valence-corrected chi connectivity index (χ3v) is 5.19. The van der Waals surface area contributed by atoms with Gasteiger partial charge in [-0.05, 0) is 73.6 Å². The Labute approximate surface area is 154 Å². The summed E-state index contributed by atoms with van der Waals surface area (Å²) in [6, 6.07) is 15.9. The van der Waals surface area contributed by atoms with Gasteiger partial charge in [0.1, 0.15) is 0 Å². The standard InChI is InChI=1S/C22H25N3O/c26-22(19-7-6-18-10-12-23-21(18)16-19)24-20-8-4-17(5-9-20)11-15-25-13-2-1-3-14-25/h4-10,12,16,23H,1-3,11,13-15H2,(H,24,26). The first-order valence-corrected chi connectivity index (χ1v) is 9.48. The fourth-order valence-corrected chi connectivity index (χ4v) is 3.62. The van der Waals surface area contributed by atoms with Crippen LogP contribution in [0.5, 0.6) is 0 Å². The zero-order valence-electron chi connectivity index (χ0n) is 15.0. The van der Waals surface area contributed by atoms with Crippen LogP contribution < -0.4 is 5.32 Å². The second-order valence-electron chi connectivity index (χ2n) is 7.08. The molecule has 0 atom stereocenters. The first kappa shape index (κ1) is 16.9. The topological polar surface area (TPSA) is 48.1 Å². The molecule has 0 saturated carbocycles. The van der Waals surface area contributed by atoms with Gasteiger partial charge >= 0.3 is 0 Å². The molecule has 1 aliphatic heterocycles. The predicted octanol–water partition coefficient (Wildman–Crippen LogP) is 4.45. The fourth-order valence-electron chi connectivity index (χ4n) is 3.62. The minimum atomic E-state index is -0.0810. The minimum Gasteiger partial charge on any atom is -0.361 e. The molecule has 2 heterocycles. The van der Waals surface area contributed by atoms with Crippen molar-refractivity contribution in [3.63, 3.8) is 0 Å². The average Bonchev–Trinajstić information content (AvgIpc) is 3.16. The normalized spacial score (nSPS) is 15.2. The van der Waals surface area contributed by atoms with Gasteiger partial charge in [0.2, 0.25) is 0 Å². The number of rotatable bonds is 5. The van der Waals surface area contributed by atoms with Gasteiger partial charge in [0.25, 0.3) is 5.91 Å². The summed E-state index contributed by atoms with van der Waals surface area (Å²) in [4.78, 5) is 18.2. The zero-order chi connectivity index (χ0) is 17.8. The smallest absolute Gasteiger partial charge is 0.255 e. The maximum atomic E-state index is 12.5. The van der Waals surface area contributed by atoms with Crippen LogP contribution >= 0.6 is 0 Å². The van der Waals surface area contributed by atoms with Gasteiger partial charge in [-0.2, -0.15) is 0 Å². The Kier molecular flexibility index (Phi) is 5.02. The molecule has 134 valence electrons. The van der Waals surface area contributed by atoms with Crippen LogP contribution in [0.1, 0.15) is 35.2 Å². The van der Waals surface area contributed by atoms with Crippen molar-refractivity contribution in [1.82, 2.24) is 9.88 Å². The summed E-state index contributed by atoms with van der Waals surface area (Å²) in [6.45, 7) is 3.60. The molecule has 1 amide bonds. The average molecular weight is 347 g/mol. The van der Waals surface area contributed by atoms with Crippen LogP contribution in [-0.2, 0) is 6.42 Å². The number of nitrogens with zero attached hydrogens (tertiary/aromatic N) is 1. The molecule has 1 aliphatic rings. The molecule has 4 heteroatoms. The van der Waals surface area contributed by atoms with Gasteiger partial charge in [-0.3, -0.25) is 4.79 Å². The van der Waals surface area contributed by atoms with Crippen molar-refractivity contribution in [2.75, 3.05) is 25.0 Å². The zero-order valence-corrected chi connectivity index (χ0v) is 15.0. The molecular formula is C22H25N3O. The van der Waals surface area contributed by atoms with E-state index in [1.165, 1.54) is 37.9 Å². The number of hydrogen-bond donors (Lipinski definition) is 2. The van der Waals surface area contributed by atoms with Gasteiger partial charge in [-0.1, -0.05) is 24.6 Å². The number of carbonyl (C=O) groups excluding carboxylic acids is 1. The minimum absolute atomic E-state index is 0.0810. The van der Waals surface area contributed by atoms with Crippen molar-refractivity contribution >= 4 is 22.5 Å². The number of aromatic nitrogens is 1. The van der Waals surface area contributed by atoms with Crippen LogP contribution in [0.15, 0.2) is 54.7 Å². The largest absolute Gasteiger partial charge is 0.361 e. The Morgan fingerprint density at radius 3 is 2.62 bits per heavy atom. The van der Waals surface area contributed by atoms with Gasteiger partial charge in [0.15, 0.2) is 0 Å². The molecule has 0 aliphatic carbocycles. The molecule has 26 heavy (non-hydrogen) atoms. The molecule has 3 aromatic rings. The maximum absolute atomic E-state index is 12.5. The lowest BCUT2D eigenvalue weighted by atomic mass is 10.1. The molecule has 4 rings (SSSR count). The molecule has 0 unspecified atom stereocenters. The molecule has 2 N–H and O–H groups in total. The van der Waals surface area contributed by atoms with Crippen LogP contribution in [0, 0.1) is 0 Å². The summed E-state index contributed by atoms with van der Waals surface area (Å²) in [5, 5.41) is 4.10. The fraction of sp³-hybridized carbons (Fsp3) is 0.318. The van der Waals surface area contributed by atoms with E-state index in [0.29, 0.717) is 5.56 Å². The molecular weight excluding hydrogens is 322 g/mol. The maximum Gasteiger partial charge on any atom is 0.255 e. The Bertz CT molecular complexity index is 876. The van der Waals surface area contributed by atoms with Gasteiger partial charge in [-0.15, -0.1) is 0 Å². The van der Waals surface area contributed by atoms with E-state index in [2.05, 4.69) is 27.3 Å². The monoisotopic (exact) mass is 347 g/mol. The van der Waals surface area contributed by atoms with Gasteiger partial charge < -0.3 is 15.2 Å². The number of fused-ring (bicyclic) bond motifs is 1. The van der Waals surface area contributed by atoms with E-state index in [0.717, 1.165) is 29.6 Å². The number of H-pyrrole nitrogens is 1. The van der Waals surface area contributed by atoms with E-state index in [4.69, 9.17) is 0 Å². The molecule has 2 aromatic carbocycles. The number of nitrogens with one attached hydrogen (secondary N) is 2. The van der Waals surface area contributed by atoms with Gasteiger partial charge in [0.05, 0.1) is 0 Å². The predicted molar refractivity (Wildman–Crippen MR) is 107 cm³/mol. The third-order valence-electron chi connectivity index (χ3n) is 5.19. The summed E-state index contributed by atoms with van der Waals surface area (Å²) in [5.74, 6) is -0.0810. The quantitative estimate of drug-likeness (QED) is 0.716. The Hall–Kier alpha value is -2.59. The Morgan fingerprint density at radius 2 is 1.81 bits per heavy atom. The number of piperidine rings is 1. The van der Waals surface area contributed by atoms with Crippen LogP contribution in [-0.4, -0.2) is 35.4 Å². The van der Waals surface area contributed by atoms with Crippen molar-refractivity contribution in [1.29, 1.82) is 0 Å². The Morgan fingerprint density at radius 1 is 1.00 bits per heavy atom. The highest BCUT2D eigenvalue weighted by Gasteiger charge is 2.10. The third kappa shape index (κ3) is 3.97. The molecule has 0 spiro atoms. The second kappa shape index (κ2) is 7.75. The molecule has 1 aromatic heterocycles. The van der Waals surface area contributed by atoms with Crippen LogP contribution in [0.3, 0.4) is 0 Å². The van der Waals surface area contributed by atoms with Crippen molar-refractivity contribution in [3.05, 3.63) is 65.9 Å². The molecule has 1 fully saturated rings. The van der Waals surface area contributed by atoms with E-state index in [1.54, 1.807) is 0 Å². The number of aromatic amines is 1. The summed E-state index contributed by atoms with van der Waals surface area (Å²) in [5.41, 5.74) is 3.80. The SMILES string of the molecule is O=C(Nc1ccc(CCN2CCCCC2)cc1)c1ccc2cc[nH]c2c1. The summed E-state index contributed by atoms with van der Waals surface area (Å²) >= 11 is 0. The highest BCUT2D eigenvalue weighted by molar-refractivity contribution is 6.06. The summed E-state index contributed by atoms with van der Waals surface area (Å²) < 4.78 is 0. The number of likely N-dealkylation sites (tertiary alicyclic amines) is 1. The Balaban J connectivity index is 1.34. The number of hydrogen-bond acceptors (Lipinski definition) is 2. The number of anilines is 1. The van der Waals surface area contributed by atoms with Crippen molar-refractivity contribution in [2.45, 2.75) is 25.7 Å². The van der Waals surface area contributed by atoms with Crippen LogP contribution in [0.25, 0.3) is 10.9 Å². The lowest BCUT2D eigenvalue weighted by molar-refractivity contribution is 0.102. The number of benzene rings is 2. The van der Waals surface area contributed by atoms with E-state index in [9.17, 15) is 4.79 Å². The van der Waals surface area contributed by atoms with E-state index in [1.807, 2.05) is 42.6 Å².